The lowest BCUT2D eigenvalue weighted by Gasteiger charge is -2.32. The minimum atomic E-state index is -0.378. The topological polar surface area (TPSA) is 84.2 Å². The summed E-state index contributed by atoms with van der Waals surface area (Å²) < 4.78 is 0. The number of carbonyl (C=O) groups excluding carboxylic acids is 2. The molecule has 16 heavy (non-hydrogen) atoms. The summed E-state index contributed by atoms with van der Waals surface area (Å²) in [6.07, 6.45) is 2.61. The quantitative estimate of drug-likeness (QED) is 0.613. The normalized spacial score (nSPS) is 20.7. The van der Waals surface area contributed by atoms with Gasteiger partial charge in [0.1, 0.15) is 6.04 Å². The van der Waals surface area contributed by atoms with E-state index in [2.05, 4.69) is 10.6 Å². The zero-order valence-corrected chi connectivity index (χ0v) is 10.0. The van der Waals surface area contributed by atoms with Gasteiger partial charge in [0.25, 0.3) is 0 Å². The van der Waals surface area contributed by atoms with Gasteiger partial charge in [-0.2, -0.15) is 0 Å². The Balaban J connectivity index is 2.58. The Morgan fingerprint density at radius 3 is 2.56 bits per heavy atom. The molecule has 5 nitrogen and oxygen atoms in total. The van der Waals surface area contributed by atoms with Crippen molar-refractivity contribution in [1.82, 2.24) is 10.6 Å². The summed E-state index contributed by atoms with van der Waals surface area (Å²) >= 11 is 0. The SMILES string of the molecule is CCC(CC)(CN)NC(=O)[C@H]1CCC(=O)N1. The molecule has 1 saturated heterocycles. The molecule has 1 aliphatic heterocycles. The van der Waals surface area contributed by atoms with E-state index < -0.39 is 0 Å². The van der Waals surface area contributed by atoms with E-state index in [1.54, 1.807) is 0 Å². The molecule has 1 fully saturated rings. The lowest BCUT2D eigenvalue weighted by molar-refractivity contribution is -0.127. The van der Waals surface area contributed by atoms with Gasteiger partial charge in [0.2, 0.25) is 11.8 Å². The van der Waals surface area contributed by atoms with Crippen molar-refractivity contribution in [2.24, 2.45) is 5.73 Å². The van der Waals surface area contributed by atoms with Crippen molar-refractivity contribution in [3.63, 3.8) is 0 Å². The first kappa shape index (κ1) is 13.0. The Morgan fingerprint density at radius 2 is 2.19 bits per heavy atom. The molecule has 0 aromatic heterocycles. The average Bonchev–Trinajstić information content (AvgIpc) is 2.73. The predicted octanol–water partition coefficient (Wildman–Crippen LogP) is -0.101. The molecule has 92 valence electrons. The van der Waals surface area contributed by atoms with Crippen LogP contribution in [0.2, 0.25) is 0 Å². The van der Waals surface area contributed by atoms with Crippen molar-refractivity contribution < 1.29 is 9.59 Å². The van der Waals surface area contributed by atoms with Crippen LogP contribution in [0, 0.1) is 0 Å². The van der Waals surface area contributed by atoms with Crippen LogP contribution in [-0.2, 0) is 9.59 Å². The lowest BCUT2D eigenvalue weighted by Crippen LogP contribution is -2.57. The fourth-order valence-corrected chi connectivity index (χ4v) is 1.93. The molecule has 0 saturated carbocycles. The van der Waals surface area contributed by atoms with Gasteiger partial charge in [0, 0.05) is 13.0 Å². The van der Waals surface area contributed by atoms with Crippen molar-refractivity contribution in [2.45, 2.75) is 51.1 Å². The third-order valence-electron chi connectivity index (χ3n) is 3.44. The van der Waals surface area contributed by atoms with E-state index in [4.69, 9.17) is 5.73 Å². The van der Waals surface area contributed by atoms with Gasteiger partial charge in [-0.3, -0.25) is 9.59 Å². The molecule has 0 aromatic rings. The van der Waals surface area contributed by atoms with Gasteiger partial charge in [-0.15, -0.1) is 0 Å². The van der Waals surface area contributed by atoms with E-state index >= 15 is 0 Å². The van der Waals surface area contributed by atoms with Gasteiger partial charge in [0.05, 0.1) is 5.54 Å². The van der Waals surface area contributed by atoms with E-state index in [0.717, 1.165) is 12.8 Å². The Kier molecular flexibility index (Phi) is 4.29. The summed E-state index contributed by atoms with van der Waals surface area (Å²) in [5.41, 5.74) is 5.37. The molecule has 4 N–H and O–H groups in total. The van der Waals surface area contributed by atoms with Crippen LogP contribution in [0.5, 0.6) is 0 Å². The maximum atomic E-state index is 11.9. The monoisotopic (exact) mass is 227 g/mol. The molecule has 0 aliphatic carbocycles. The summed E-state index contributed by atoms with van der Waals surface area (Å²) in [4.78, 5) is 22.9. The smallest absolute Gasteiger partial charge is 0.243 e. The molecule has 1 heterocycles. The number of rotatable bonds is 5. The molecule has 2 amide bonds. The van der Waals surface area contributed by atoms with Crippen molar-refractivity contribution in [3.8, 4) is 0 Å². The van der Waals surface area contributed by atoms with Crippen molar-refractivity contribution in [2.75, 3.05) is 6.54 Å². The van der Waals surface area contributed by atoms with E-state index in [-0.39, 0.29) is 23.4 Å². The second-order valence-corrected chi connectivity index (χ2v) is 4.34. The highest BCUT2D eigenvalue weighted by atomic mass is 16.2. The summed E-state index contributed by atoms with van der Waals surface area (Å²) in [5.74, 6) is -0.161. The largest absolute Gasteiger partial charge is 0.348 e. The zero-order chi connectivity index (χ0) is 12.2. The number of nitrogens with one attached hydrogen (secondary N) is 2. The molecule has 1 rings (SSSR count). The van der Waals surface area contributed by atoms with Crippen molar-refractivity contribution >= 4 is 11.8 Å². The molecular weight excluding hydrogens is 206 g/mol. The minimum Gasteiger partial charge on any atom is -0.348 e. The van der Waals surface area contributed by atoms with Crippen LogP contribution < -0.4 is 16.4 Å². The highest BCUT2D eigenvalue weighted by molar-refractivity contribution is 5.91. The van der Waals surface area contributed by atoms with Gasteiger partial charge in [0.15, 0.2) is 0 Å². The first-order valence-electron chi connectivity index (χ1n) is 5.88. The van der Waals surface area contributed by atoms with Crippen LogP contribution in [0.3, 0.4) is 0 Å². The Morgan fingerprint density at radius 1 is 1.56 bits per heavy atom. The first-order chi connectivity index (χ1) is 7.56. The third kappa shape index (κ3) is 2.72. The molecular formula is C11H21N3O2. The maximum absolute atomic E-state index is 11.9. The van der Waals surface area contributed by atoms with Gasteiger partial charge in [-0.25, -0.2) is 0 Å². The Bertz CT molecular complexity index is 266. The number of nitrogens with two attached hydrogens (primary N) is 1. The number of hydrogen-bond acceptors (Lipinski definition) is 3. The van der Waals surface area contributed by atoms with E-state index in [0.29, 0.717) is 19.4 Å². The second-order valence-electron chi connectivity index (χ2n) is 4.34. The highest BCUT2D eigenvalue weighted by Crippen LogP contribution is 2.15. The van der Waals surface area contributed by atoms with E-state index in [9.17, 15) is 9.59 Å². The average molecular weight is 227 g/mol. The molecule has 0 unspecified atom stereocenters. The highest BCUT2D eigenvalue weighted by Gasteiger charge is 2.32. The summed E-state index contributed by atoms with van der Waals surface area (Å²) in [7, 11) is 0. The van der Waals surface area contributed by atoms with Gasteiger partial charge in [-0.1, -0.05) is 13.8 Å². The van der Waals surface area contributed by atoms with Crippen LogP contribution >= 0.6 is 0 Å². The molecule has 5 heteroatoms. The van der Waals surface area contributed by atoms with Gasteiger partial charge < -0.3 is 16.4 Å². The molecule has 0 radical (unpaired) electrons. The number of hydrogen-bond donors (Lipinski definition) is 3. The third-order valence-corrected chi connectivity index (χ3v) is 3.44. The van der Waals surface area contributed by atoms with E-state index in [1.165, 1.54) is 0 Å². The molecule has 0 bridgehead atoms. The fraction of sp³-hybridized carbons (Fsp3) is 0.818. The van der Waals surface area contributed by atoms with Crippen LogP contribution in [0.15, 0.2) is 0 Å². The standard InChI is InChI=1S/C11H21N3O2/c1-3-11(4-2,7-12)14-10(16)8-5-6-9(15)13-8/h8H,3-7,12H2,1-2H3,(H,13,15)(H,14,16)/t8-/m1/s1. The Labute approximate surface area is 96.1 Å². The first-order valence-corrected chi connectivity index (χ1v) is 5.88. The van der Waals surface area contributed by atoms with Crippen LogP contribution in [0.25, 0.3) is 0 Å². The van der Waals surface area contributed by atoms with Gasteiger partial charge >= 0.3 is 0 Å². The fourth-order valence-electron chi connectivity index (χ4n) is 1.93. The van der Waals surface area contributed by atoms with E-state index in [1.807, 2.05) is 13.8 Å². The maximum Gasteiger partial charge on any atom is 0.243 e. The molecule has 0 aromatic carbocycles. The minimum absolute atomic E-state index is 0.0495. The summed E-state index contributed by atoms with van der Waals surface area (Å²) in [5, 5.41) is 5.62. The Hall–Kier alpha value is -1.10. The second kappa shape index (κ2) is 5.30. The lowest BCUT2D eigenvalue weighted by atomic mass is 9.92. The van der Waals surface area contributed by atoms with Crippen LogP contribution in [0.4, 0.5) is 0 Å². The zero-order valence-electron chi connectivity index (χ0n) is 10.0. The van der Waals surface area contributed by atoms with Crippen LogP contribution in [0.1, 0.15) is 39.5 Å². The molecule has 1 atom stereocenters. The van der Waals surface area contributed by atoms with Crippen LogP contribution in [-0.4, -0.2) is 29.9 Å². The van der Waals surface area contributed by atoms with Gasteiger partial charge in [-0.05, 0) is 19.3 Å². The predicted molar refractivity (Wildman–Crippen MR) is 61.7 cm³/mol. The number of carbonyl (C=O) groups is 2. The number of amides is 2. The molecule has 1 aliphatic rings. The summed E-state index contributed by atoms with van der Waals surface area (Å²) in [6, 6.07) is -0.378. The van der Waals surface area contributed by atoms with Crippen molar-refractivity contribution in [1.29, 1.82) is 0 Å². The molecule has 0 spiro atoms. The summed E-state index contributed by atoms with van der Waals surface area (Å²) in [6.45, 7) is 4.43. The van der Waals surface area contributed by atoms with Crippen molar-refractivity contribution in [3.05, 3.63) is 0 Å².